The molecule has 0 bridgehead atoms. The number of nitrogens with one attached hydrogen (secondary N) is 1. The minimum Gasteiger partial charge on any atom is -0.490 e. The standard InChI is InChI=1S/C13H16F3NO.C2H6/c1-9-2-3-12(11(8-9)13(14,15)16)18-10-4-6-17-7-5-10;1-2/h2-3,8,10,17H,4-7H2,1H3;1-2H3. The van der Waals surface area contributed by atoms with Crippen LogP contribution in [0, 0.1) is 6.92 Å². The van der Waals surface area contributed by atoms with Crippen LogP contribution in [0.2, 0.25) is 0 Å². The monoisotopic (exact) mass is 289 g/mol. The number of benzene rings is 1. The molecule has 0 spiro atoms. The molecule has 0 atom stereocenters. The molecule has 1 saturated heterocycles. The van der Waals surface area contributed by atoms with Crippen LogP contribution in [-0.4, -0.2) is 19.2 Å². The first-order valence-corrected chi connectivity index (χ1v) is 7.02. The van der Waals surface area contributed by atoms with Crippen LogP contribution in [0.4, 0.5) is 13.2 Å². The molecule has 1 aliphatic heterocycles. The second-order valence-corrected chi connectivity index (χ2v) is 4.56. The normalized spacial score (nSPS) is 16.3. The Labute approximate surface area is 118 Å². The summed E-state index contributed by atoms with van der Waals surface area (Å²) in [5.74, 6) is -0.0556. The molecule has 0 amide bonds. The van der Waals surface area contributed by atoms with Crippen LogP contribution in [0.3, 0.4) is 0 Å². The number of hydrogen-bond acceptors (Lipinski definition) is 2. The largest absolute Gasteiger partial charge is 0.490 e. The van der Waals surface area contributed by atoms with Crippen LogP contribution in [-0.2, 0) is 6.18 Å². The van der Waals surface area contributed by atoms with Crippen molar-refractivity contribution in [1.29, 1.82) is 0 Å². The molecule has 2 rings (SSSR count). The molecule has 1 heterocycles. The average molecular weight is 289 g/mol. The number of alkyl halides is 3. The lowest BCUT2D eigenvalue weighted by molar-refractivity contribution is -0.139. The van der Waals surface area contributed by atoms with Gasteiger partial charge in [0.1, 0.15) is 11.9 Å². The summed E-state index contributed by atoms with van der Waals surface area (Å²) in [6.07, 6.45) is -3.01. The predicted molar refractivity (Wildman–Crippen MR) is 74.0 cm³/mol. The van der Waals surface area contributed by atoms with Gasteiger partial charge in [-0.3, -0.25) is 0 Å². The summed E-state index contributed by atoms with van der Waals surface area (Å²) in [6, 6.07) is 4.20. The van der Waals surface area contributed by atoms with E-state index in [9.17, 15) is 13.2 Å². The van der Waals surface area contributed by atoms with Gasteiger partial charge in [0.15, 0.2) is 0 Å². The third-order valence-corrected chi connectivity index (χ3v) is 3.02. The van der Waals surface area contributed by atoms with Crippen LogP contribution in [0.25, 0.3) is 0 Å². The number of hydrogen-bond donors (Lipinski definition) is 1. The Kier molecular flexibility index (Phi) is 6.33. The third kappa shape index (κ3) is 4.71. The zero-order chi connectivity index (χ0) is 15.2. The van der Waals surface area contributed by atoms with Crippen LogP contribution in [0.1, 0.15) is 37.8 Å². The second-order valence-electron chi connectivity index (χ2n) is 4.56. The summed E-state index contributed by atoms with van der Waals surface area (Å²) >= 11 is 0. The molecule has 1 fully saturated rings. The van der Waals surface area contributed by atoms with Crippen molar-refractivity contribution in [3.63, 3.8) is 0 Å². The molecule has 20 heavy (non-hydrogen) atoms. The first-order chi connectivity index (χ1) is 9.47. The second kappa shape index (κ2) is 7.53. The van der Waals surface area contributed by atoms with Crippen LogP contribution >= 0.6 is 0 Å². The van der Waals surface area contributed by atoms with E-state index >= 15 is 0 Å². The van der Waals surface area contributed by atoms with Gasteiger partial charge in [-0.2, -0.15) is 13.2 Å². The molecule has 1 aromatic rings. The third-order valence-electron chi connectivity index (χ3n) is 3.02. The van der Waals surface area contributed by atoms with Crippen molar-refractivity contribution in [2.24, 2.45) is 0 Å². The van der Waals surface area contributed by atoms with Crippen molar-refractivity contribution in [2.45, 2.75) is 45.9 Å². The molecule has 1 aliphatic rings. The zero-order valence-electron chi connectivity index (χ0n) is 12.2. The Morgan fingerprint density at radius 1 is 1.15 bits per heavy atom. The van der Waals surface area contributed by atoms with Crippen molar-refractivity contribution in [2.75, 3.05) is 13.1 Å². The van der Waals surface area contributed by atoms with E-state index in [-0.39, 0.29) is 11.9 Å². The van der Waals surface area contributed by atoms with Crippen LogP contribution in [0.5, 0.6) is 5.75 Å². The molecule has 1 aromatic carbocycles. The van der Waals surface area contributed by atoms with Crippen LogP contribution in [0.15, 0.2) is 18.2 Å². The highest BCUT2D eigenvalue weighted by Crippen LogP contribution is 2.37. The Balaban J connectivity index is 0.000000956. The van der Waals surface area contributed by atoms with E-state index in [1.807, 2.05) is 13.8 Å². The number of piperidine rings is 1. The smallest absolute Gasteiger partial charge is 0.419 e. The lowest BCUT2D eigenvalue weighted by Crippen LogP contribution is -2.34. The van der Waals surface area contributed by atoms with Crippen molar-refractivity contribution in [3.05, 3.63) is 29.3 Å². The molecule has 5 heteroatoms. The van der Waals surface area contributed by atoms with E-state index in [1.165, 1.54) is 6.07 Å². The van der Waals surface area contributed by atoms with Gasteiger partial charge in [-0.15, -0.1) is 0 Å². The molecular formula is C15H22F3NO. The fraction of sp³-hybridized carbons (Fsp3) is 0.600. The minimum atomic E-state index is -4.37. The summed E-state index contributed by atoms with van der Waals surface area (Å²) in [7, 11) is 0. The highest BCUT2D eigenvalue weighted by atomic mass is 19.4. The summed E-state index contributed by atoms with van der Waals surface area (Å²) < 4.78 is 44.2. The molecule has 0 aliphatic carbocycles. The summed E-state index contributed by atoms with van der Waals surface area (Å²) in [5, 5.41) is 3.15. The maximum absolute atomic E-state index is 12.9. The summed E-state index contributed by atoms with van der Waals surface area (Å²) in [5.41, 5.74) is -0.0963. The van der Waals surface area contributed by atoms with Gasteiger partial charge in [0.25, 0.3) is 0 Å². The zero-order valence-corrected chi connectivity index (χ0v) is 12.2. The van der Waals surface area contributed by atoms with E-state index < -0.39 is 11.7 Å². The molecule has 0 saturated carbocycles. The number of halogens is 3. The Morgan fingerprint density at radius 3 is 2.30 bits per heavy atom. The first kappa shape index (κ1) is 16.8. The summed E-state index contributed by atoms with van der Waals surface area (Å²) in [6.45, 7) is 7.22. The fourth-order valence-electron chi connectivity index (χ4n) is 2.06. The first-order valence-electron chi connectivity index (χ1n) is 7.02. The van der Waals surface area contributed by atoms with Gasteiger partial charge in [-0.05, 0) is 45.0 Å². The number of ether oxygens (including phenoxy) is 1. The quantitative estimate of drug-likeness (QED) is 0.882. The average Bonchev–Trinajstić information content (AvgIpc) is 2.43. The molecular weight excluding hydrogens is 267 g/mol. The highest BCUT2D eigenvalue weighted by molar-refractivity contribution is 5.39. The van der Waals surface area contributed by atoms with Gasteiger partial charge in [-0.1, -0.05) is 25.5 Å². The molecule has 114 valence electrons. The van der Waals surface area contributed by atoms with Gasteiger partial charge in [-0.25, -0.2) is 0 Å². The molecule has 0 aromatic heterocycles. The Morgan fingerprint density at radius 2 is 1.75 bits per heavy atom. The Bertz CT molecular complexity index is 412. The van der Waals surface area contributed by atoms with Crippen LogP contribution < -0.4 is 10.1 Å². The van der Waals surface area contributed by atoms with E-state index in [4.69, 9.17) is 4.74 Å². The SMILES string of the molecule is CC.Cc1ccc(OC2CCNCC2)c(C(F)(F)F)c1. The van der Waals surface area contributed by atoms with Crippen molar-refractivity contribution in [1.82, 2.24) is 5.32 Å². The van der Waals surface area contributed by atoms with E-state index in [0.717, 1.165) is 32.0 Å². The van der Waals surface area contributed by atoms with Crippen molar-refractivity contribution in [3.8, 4) is 5.75 Å². The van der Waals surface area contributed by atoms with Gasteiger partial charge in [0.2, 0.25) is 0 Å². The fourth-order valence-corrected chi connectivity index (χ4v) is 2.06. The van der Waals surface area contributed by atoms with Crippen molar-refractivity contribution < 1.29 is 17.9 Å². The van der Waals surface area contributed by atoms with E-state index in [1.54, 1.807) is 13.0 Å². The van der Waals surface area contributed by atoms with Crippen molar-refractivity contribution >= 4 is 0 Å². The molecule has 0 unspecified atom stereocenters. The molecule has 0 radical (unpaired) electrons. The minimum absolute atomic E-state index is 0.0556. The van der Waals surface area contributed by atoms with Gasteiger partial charge in [0, 0.05) is 0 Å². The van der Waals surface area contributed by atoms with Gasteiger partial charge in [0.05, 0.1) is 5.56 Å². The predicted octanol–water partition coefficient (Wildman–Crippen LogP) is 4.17. The Hall–Kier alpha value is -1.23. The van der Waals surface area contributed by atoms with E-state index in [0.29, 0.717) is 5.56 Å². The highest BCUT2D eigenvalue weighted by Gasteiger charge is 2.35. The van der Waals surface area contributed by atoms with Gasteiger partial charge < -0.3 is 10.1 Å². The lowest BCUT2D eigenvalue weighted by atomic mass is 10.1. The molecule has 1 N–H and O–H groups in total. The maximum atomic E-state index is 12.9. The van der Waals surface area contributed by atoms with Gasteiger partial charge >= 0.3 is 6.18 Å². The number of rotatable bonds is 2. The van der Waals surface area contributed by atoms with E-state index in [2.05, 4.69) is 5.32 Å². The topological polar surface area (TPSA) is 21.3 Å². The molecule has 2 nitrogen and oxygen atoms in total. The maximum Gasteiger partial charge on any atom is 0.419 e. The lowest BCUT2D eigenvalue weighted by Gasteiger charge is -2.25. The summed E-state index contributed by atoms with van der Waals surface area (Å²) in [4.78, 5) is 0. The number of aryl methyl sites for hydroxylation is 1.